The number of halogens is 1. The number of Topliss-reactive ketones (excluding diaryl/α,β-unsaturated/α-hetero) is 1. The van der Waals surface area contributed by atoms with Crippen LogP contribution >= 0.6 is 11.6 Å². The van der Waals surface area contributed by atoms with E-state index < -0.39 is 0 Å². The standard InChI is InChI=1S/C27H28ClNO/c28-26-14-8-7-13-25(26)27(30)22-17-18-29-23(19-22)15-16-24(20-9-3-1-4-10-20)21-11-5-2-6-12-21/h1-14,22-24,29H,15-19H2. The van der Waals surface area contributed by atoms with Crippen molar-refractivity contribution < 1.29 is 4.79 Å². The predicted octanol–water partition coefficient (Wildman–Crippen LogP) is 6.50. The third-order valence-corrected chi connectivity index (χ3v) is 6.54. The summed E-state index contributed by atoms with van der Waals surface area (Å²) in [5.74, 6) is 0.603. The van der Waals surface area contributed by atoms with Gasteiger partial charge in [-0.2, -0.15) is 0 Å². The summed E-state index contributed by atoms with van der Waals surface area (Å²) in [6, 6.07) is 29.2. The maximum atomic E-state index is 13.0. The molecular formula is C27H28ClNO. The van der Waals surface area contributed by atoms with Gasteiger partial charge in [0.1, 0.15) is 0 Å². The normalized spacial score (nSPS) is 19.0. The number of carbonyl (C=O) groups is 1. The number of piperidine rings is 1. The summed E-state index contributed by atoms with van der Waals surface area (Å²) in [4.78, 5) is 13.0. The lowest BCUT2D eigenvalue weighted by Gasteiger charge is -2.31. The van der Waals surface area contributed by atoms with E-state index in [9.17, 15) is 4.79 Å². The Morgan fingerprint density at radius 2 is 1.50 bits per heavy atom. The minimum Gasteiger partial charge on any atom is -0.314 e. The molecule has 0 bridgehead atoms. The first-order valence-corrected chi connectivity index (χ1v) is 11.2. The van der Waals surface area contributed by atoms with Gasteiger partial charge < -0.3 is 5.32 Å². The molecule has 1 N–H and O–H groups in total. The molecular weight excluding hydrogens is 390 g/mol. The second-order valence-corrected chi connectivity index (χ2v) is 8.57. The zero-order valence-electron chi connectivity index (χ0n) is 17.1. The molecule has 1 saturated heterocycles. The molecule has 30 heavy (non-hydrogen) atoms. The third-order valence-electron chi connectivity index (χ3n) is 6.21. The third kappa shape index (κ3) is 5.00. The summed E-state index contributed by atoms with van der Waals surface area (Å²) in [5, 5.41) is 4.20. The summed E-state index contributed by atoms with van der Waals surface area (Å²) in [6.45, 7) is 0.882. The Kier molecular flexibility index (Phi) is 6.99. The van der Waals surface area contributed by atoms with Gasteiger partial charge in [-0.15, -0.1) is 0 Å². The summed E-state index contributed by atoms with van der Waals surface area (Å²) in [6.07, 6.45) is 3.85. The Morgan fingerprint density at radius 1 is 0.900 bits per heavy atom. The fourth-order valence-electron chi connectivity index (χ4n) is 4.61. The van der Waals surface area contributed by atoms with Crippen LogP contribution < -0.4 is 5.32 Å². The molecule has 3 aromatic rings. The lowest BCUT2D eigenvalue weighted by molar-refractivity contribution is 0.0876. The molecule has 0 aliphatic carbocycles. The van der Waals surface area contributed by atoms with Crippen LogP contribution in [-0.4, -0.2) is 18.4 Å². The zero-order valence-corrected chi connectivity index (χ0v) is 17.9. The molecule has 3 aromatic carbocycles. The predicted molar refractivity (Wildman–Crippen MR) is 124 cm³/mol. The lowest BCUT2D eigenvalue weighted by Crippen LogP contribution is -2.40. The van der Waals surface area contributed by atoms with Gasteiger partial charge in [0.25, 0.3) is 0 Å². The SMILES string of the molecule is O=C(c1ccccc1Cl)C1CCNC(CCC(c2ccccc2)c2ccccc2)C1. The Balaban J connectivity index is 1.44. The molecule has 1 fully saturated rings. The first-order valence-electron chi connectivity index (χ1n) is 10.8. The van der Waals surface area contributed by atoms with Gasteiger partial charge in [0.15, 0.2) is 5.78 Å². The highest BCUT2D eigenvalue weighted by Crippen LogP contribution is 2.32. The van der Waals surface area contributed by atoms with Gasteiger partial charge in [0, 0.05) is 23.4 Å². The molecule has 1 aliphatic rings. The zero-order chi connectivity index (χ0) is 20.8. The number of nitrogens with one attached hydrogen (secondary N) is 1. The molecule has 0 spiro atoms. The quantitative estimate of drug-likeness (QED) is 0.444. The van der Waals surface area contributed by atoms with Crippen molar-refractivity contribution in [2.75, 3.05) is 6.54 Å². The monoisotopic (exact) mass is 417 g/mol. The Hall–Kier alpha value is -2.42. The fraction of sp³-hybridized carbons (Fsp3) is 0.296. The molecule has 2 unspecified atom stereocenters. The first kappa shape index (κ1) is 20.8. The summed E-state index contributed by atoms with van der Waals surface area (Å²) < 4.78 is 0. The van der Waals surface area contributed by atoms with Gasteiger partial charge in [-0.25, -0.2) is 0 Å². The second-order valence-electron chi connectivity index (χ2n) is 8.17. The second kappa shape index (κ2) is 10.1. The number of rotatable bonds is 7. The lowest BCUT2D eigenvalue weighted by atomic mass is 9.81. The van der Waals surface area contributed by atoms with Crippen LogP contribution in [0, 0.1) is 5.92 Å². The number of carbonyl (C=O) groups excluding carboxylic acids is 1. The highest BCUT2D eigenvalue weighted by molar-refractivity contribution is 6.34. The minimum absolute atomic E-state index is 0.0445. The summed E-state index contributed by atoms with van der Waals surface area (Å²) >= 11 is 6.28. The van der Waals surface area contributed by atoms with E-state index in [0.717, 1.165) is 32.2 Å². The van der Waals surface area contributed by atoms with Crippen molar-refractivity contribution in [2.45, 2.75) is 37.6 Å². The van der Waals surface area contributed by atoms with E-state index in [1.54, 1.807) is 6.07 Å². The van der Waals surface area contributed by atoms with E-state index in [-0.39, 0.29) is 11.7 Å². The van der Waals surface area contributed by atoms with Gasteiger partial charge in [-0.05, 0) is 55.5 Å². The van der Waals surface area contributed by atoms with Crippen molar-refractivity contribution in [3.8, 4) is 0 Å². The number of hydrogen-bond donors (Lipinski definition) is 1. The number of hydrogen-bond acceptors (Lipinski definition) is 2. The van der Waals surface area contributed by atoms with Crippen LogP contribution in [0.1, 0.15) is 53.1 Å². The Morgan fingerprint density at radius 3 is 2.13 bits per heavy atom. The molecule has 0 amide bonds. The molecule has 3 heteroatoms. The van der Waals surface area contributed by atoms with Crippen LogP contribution in [-0.2, 0) is 0 Å². The Bertz CT molecular complexity index is 917. The maximum Gasteiger partial charge on any atom is 0.167 e. The molecule has 4 rings (SSSR count). The van der Waals surface area contributed by atoms with Gasteiger partial charge in [-0.1, -0.05) is 84.4 Å². The van der Waals surface area contributed by atoms with Crippen molar-refractivity contribution in [1.82, 2.24) is 5.32 Å². The Labute approximate surface area is 184 Å². The van der Waals surface area contributed by atoms with E-state index in [1.807, 2.05) is 18.2 Å². The molecule has 154 valence electrons. The average Bonchev–Trinajstić information content (AvgIpc) is 2.81. The van der Waals surface area contributed by atoms with E-state index in [0.29, 0.717) is 22.5 Å². The molecule has 1 heterocycles. The molecule has 0 aromatic heterocycles. The molecule has 1 aliphatic heterocycles. The van der Waals surface area contributed by atoms with Crippen LogP contribution in [0.3, 0.4) is 0 Å². The largest absolute Gasteiger partial charge is 0.314 e. The van der Waals surface area contributed by atoms with Crippen molar-refractivity contribution in [3.05, 3.63) is 107 Å². The van der Waals surface area contributed by atoms with Crippen LogP contribution in [0.15, 0.2) is 84.9 Å². The topological polar surface area (TPSA) is 29.1 Å². The van der Waals surface area contributed by atoms with Crippen LogP contribution in [0.4, 0.5) is 0 Å². The fourth-order valence-corrected chi connectivity index (χ4v) is 4.84. The van der Waals surface area contributed by atoms with Crippen molar-refractivity contribution in [1.29, 1.82) is 0 Å². The van der Waals surface area contributed by atoms with E-state index >= 15 is 0 Å². The van der Waals surface area contributed by atoms with Crippen LogP contribution in [0.5, 0.6) is 0 Å². The highest BCUT2D eigenvalue weighted by Gasteiger charge is 2.29. The van der Waals surface area contributed by atoms with Gasteiger partial charge in [0.05, 0.1) is 5.02 Å². The summed E-state index contributed by atoms with van der Waals surface area (Å²) in [7, 11) is 0. The molecule has 0 radical (unpaired) electrons. The molecule has 2 atom stereocenters. The summed E-state index contributed by atoms with van der Waals surface area (Å²) in [5.41, 5.74) is 3.36. The van der Waals surface area contributed by atoms with Crippen molar-refractivity contribution in [3.63, 3.8) is 0 Å². The van der Waals surface area contributed by atoms with Gasteiger partial charge in [-0.3, -0.25) is 4.79 Å². The molecule has 2 nitrogen and oxygen atoms in total. The van der Waals surface area contributed by atoms with E-state index in [1.165, 1.54) is 11.1 Å². The molecule has 0 saturated carbocycles. The van der Waals surface area contributed by atoms with Crippen molar-refractivity contribution in [2.24, 2.45) is 5.92 Å². The number of benzene rings is 3. The van der Waals surface area contributed by atoms with Crippen LogP contribution in [0.25, 0.3) is 0 Å². The van der Waals surface area contributed by atoms with Gasteiger partial charge in [0.2, 0.25) is 0 Å². The van der Waals surface area contributed by atoms with Gasteiger partial charge >= 0.3 is 0 Å². The smallest absolute Gasteiger partial charge is 0.167 e. The average molecular weight is 418 g/mol. The minimum atomic E-state index is 0.0445. The van der Waals surface area contributed by atoms with Crippen molar-refractivity contribution >= 4 is 17.4 Å². The van der Waals surface area contributed by atoms with E-state index in [2.05, 4.69) is 66.0 Å². The highest BCUT2D eigenvalue weighted by atomic mass is 35.5. The van der Waals surface area contributed by atoms with E-state index in [4.69, 9.17) is 11.6 Å². The van der Waals surface area contributed by atoms with Crippen LogP contribution in [0.2, 0.25) is 5.02 Å². The maximum absolute atomic E-state index is 13.0. The first-order chi connectivity index (χ1) is 14.7. The number of ketones is 1.